The third kappa shape index (κ3) is 3.55. The molecule has 0 aliphatic rings. The Labute approximate surface area is 132 Å². The first-order valence-electron chi connectivity index (χ1n) is 6.70. The van der Waals surface area contributed by atoms with Gasteiger partial charge in [0.1, 0.15) is 0 Å². The Balaban J connectivity index is 1.62. The Kier molecular flexibility index (Phi) is 4.53. The summed E-state index contributed by atoms with van der Waals surface area (Å²) in [5, 5.41) is 4.15. The van der Waals surface area contributed by atoms with E-state index in [0.29, 0.717) is 5.56 Å². The van der Waals surface area contributed by atoms with Gasteiger partial charge in [0.2, 0.25) is 0 Å². The number of carbonyl (C=O) groups excluding carboxylic acids is 1. The van der Waals surface area contributed by atoms with Crippen molar-refractivity contribution in [3.8, 4) is 5.69 Å². The standard InChI is InChI=1S/C16H14N4OS/c21-16(18-19-22-15-8-2-1-3-9-15)13-6-4-7-14(12-13)20-11-5-10-17-20/h1-12,19H,(H,18,21). The molecular formula is C16H14N4OS. The maximum absolute atomic E-state index is 12.1. The summed E-state index contributed by atoms with van der Waals surface area (Å²) in [4.78, 5) is 16.0. The van der Waals surface area contributed by atoms with E-state index in [2.05, 4.69) is 15.4 Å². The fourth-order valence-corrected chi connectivity index (χ4v) is 2.46. The lowest BCUT2D eigenvalue weighted by molar-refractivity contribution is 0.0947. The van der Waals surface area contributed by atoms with Gasteiger partial charge in [-0.2, -0.15) is 9.93 Å². The molecule has 0 radical (unpaired) electrons. The molecule has 1 heterocycles. The summed E-state index contributed by atoms with van der Waals surface area (Å²) in [5.74, 6) is -0.197. The highest BCUT2D eigenvalue weighted by Gasteiger charge is 2.06. The summed E-state index contributed by atoms with van der Waals surface area (Å²) < 4.78 is 1.71. The molecule has 0 saturated carbocycles. The quantitative estimate of drug-likeness (QED) is 0.562. The summed E-state index contributed by atoms with van der Waals surface area (Å²) in [7, 11) is 0. The SMILES string of the molecule is O=C(NNSc1ccccc1)c1cccc(-n2cccn2)c1. The van der Waals surface area contributed by atoms with Gasteiger partial charge in [-0.05, 0) is 48.3 Å². The summed E-state index contributed by atoms with van der Waals surface area (Å²) in [6.07, 6.45) is 3.53. The Morgan fingerprint density at radius 3 is 2.68 bits per heavy atom. The molecule has 110 valence electrons. The van der Waals surface area contributed by atoms with E-state index in [9.17, 15) is 4.79 Å². The van der Waals surface area contributed by atoms with Crippen LogP contribution in [0.2, 0.25) is 0 Å². The van der Waals surface area contributed by atoms with E-state index in [1.165, 1.54) is 11.9 Å². The van der Waals surface area contributed by atoms with Crippen molar-refractivity contribution in [3.63, 3.8) is 0 Å². The molecule has 0 aliphatic carbocycles. The van der Waals surface area contributed by atoms with Crippen LogP contribution in [0.4, 0.5) is 0 Å². The summed E-state index contributed by atoms with van der Waals surface area (Å²) in [5.41, 5.74) is 4.07. The van der Waals surface area contributed by atoms with Crippen molar-refractivity contribution in [1.29, 1.82) is 0 Å². The predicted octanol–water partition coefficient (Wildman–Crippen LogP) is 2.81. The highest BCUT2D eigenvalue weighted by atomic mass is 32.2. The lowest BCUT2D eigenvalue weighted by Gasteiger charge is -2.08. The number of aromatic nitrogens is 2. The second-order valence-corrected chi connectivity index (χ2v) is 5.35. The molecule has 0 bridgehead atoms. The number of amides is 1. The summed E-state index contributed by atoms with van der Waals surface area (Å²) in [6, 6.07) is 18.9. The number of benzene rings is 2. The summed E-state index contributed by atoms with van der Waals surface area (Å²) in [6.45, 7) is 0. The summed E-state index contributed by atoms with van der Waals surface area (Å²) >= 11 is 1.35. The van der Waals surface area contributed by atoms with Crippen LogP contribution in [-0.2, 0) is 0 Å². The second-order valence-electron chi connectivity index (χ2n) is 4.47. The average Bonchev–Trinajstić information content (AvgIpc) is 3.10. The normalized spacial score (nSPS) is 10.4. The van der Waals surface area contributed by atoms with E-state index in [1.807, 2.05) is 54.7 Å². The van der Waals surface area contributed by atoms with Crippen LogP contribution in [0.25, 0.3) is 5.69 Å². The molecule has 0 atom stereocenters. The first-order chi connectivity index (χ1) is 10.8. The van der Waals surface area contributed by atoms with Crippen LogP contribution in [-0.4, -0.2) is 15.7 Å². The molecule has 2 aromatic carbocycles. The highest BCUT2D eigenvalue weighted by molar-refractivity contribution is 7.97. The maximum atomic E-state index is 12.1. The number of hydrogen-bond acceptors (Lipinski definition) is 4. The van der Waals surface area contributed by atoms with E-state index in [0.717, 1.165) is 10.6 Å². The van der Waals surface area contributed by atoms with Crippen LogP contribution in [0.3, 0.4) is 0 Å². The number of nitrogens with one attached hydrogen (secondary N) is 2. The van der Waals surface area contributed by atoms with Crippen LogP contribution in [0.5, 0.6) is 0 Å². The van der Waals surface area contributed by atoms with E-state index in [1.54, 1.807) is 23.0 Å². The molecule has 0 saturated heterocycles. The number of rotatable bonds is 5. The zero-order valence-electron chi connectivity index (χ0n) is 11.6. The van der Waals surface area contributed by atoms with Crippen LogP contribution >= 0.6 is 11.9 Å². The number of hydrazine groups is 1. The largest absolute Gasteiger partial charge is 0.277 e. The first kappa shape index (κ1) is 14.4. The molecule has 22 heavy (non-hydrogen) atoms. The molecule has 1 amide bonds. The molecule has 0 unspecified atom stereocenters. The van der Waals surface area contributed by atoms with Crippen molar-refractivity contribution in [2.24, 2.45) is 0 Å². The molecule has 5 nitrogen and oxygen atoms in total. The van der Waals surface area contributed by atoms with E-state index in [4.69, 9.17) is 0 Å². The minimum Gasteiger partial charge on any atom is -0.277 e. The Hall–Kier alpha value is -2.57. The Morgan fingerprint density at radius 2 is 1.91 bits per heavy atom. The van der Waals surface area contributed by atoms with Gasteiger partial charge in [-0.25, -0.2) is 4.68 Å². The second kappa shape index (κ2) is 6.93. The maximum Gasteiger partial charge on any atom is 0.266 e. The van der Waals surface area contributed by atoms with Crippen LogP contribution in [0.1, 0.15) is 10.4 Å². The molecule has 0 aliphatic heterocycles. The lowest BCUT2D eigenvalue weighted by atomic mass is 10.2. The molecule has 6 heteroatoms. The van der Waals surface area contributed by atoms with E-state index >= 15 is 0 Å². The van der Waals surface area contributed by atoms with Gasteiger partial charge in [-0.15, -0.1) is 0 Å². The lowest BCUT2D eigenvalue weighted by Crippen LogP contribution is -2.32. The van der Waals surface area contributed by atoms with Crippen LogP contribution < -0.4 is 10.3 Å². The highest BCUT2D eigenvalue weighted by Crippen LogP contribution is 2.12. The monoisotopic (exact) mass is 310 g/mol. The van der Waals surface area contributed by atoms with Crippen LogP contribution in [0, 0.1) is 0 Å². The van der Waals surface area contributed by atoms with Crippen molar-refractivity contribution in [1.82, 2.24) is 20.0 Å². The fourth-order valence-electron chi connectivity index (χ4n) is 1.90. The van der Waals surface area contributed by atoms with Gasteiger partial charge in [-0.3, -0.25) is 10.2 Å². The molecular weight excluding hydrogens is 296 g/mol. The zero-order chi connectivity index (χ0) is 15.2. The van der Waals surface area contributed by atoms with Crippen molar-refractivity contribution in [3.05, 3.63) is 78.6 Å². The van der Waals surface area contributed by atoms with Crippen molar-refractivity contribution in [2.75, 3.05) is 0 Å². The third-order valence-corrected chi connectivity index (χ3v) is 3.67. The van der Waals surface area contributed by atoms with Gasteiger partial charge in [0, 0.05) is 22.9 Å². The Bertz CT molecular complexity index is 744. The third-order valence-electron chi connectivity index (χ3n) is 2.95. The van der Waals surface area contributed by atoms with E-state index < -0.39 is 0 Å². The van der Waals surface area contributed by atoms with Gasteiger partial charge in [0.25, 0.3) is 5.91 Å². The minimum atomic E-state index is -0.197. The van der Waals surface area contributed by atoms with Gasteiger partial charge in [-0.1, -0.05) is 24.3 Å². The first-order valence-corrected chi connectivity index (χ1v) is 7.52. The molecule has 3 rings (SSSR count). The van der Waals surface area contributed by atoms with Crippen LogP contribution in [0.15, 0.2) is 78.0 Å². The van der Waals surface area contributed by atoms with Gasteiger partial charge < -0.3 is 0 Å². The fraction of sp³-hybridized carbons (Fsp3) is 0. The number of carbonyl (C=O) groups is 1. The van der Waals surface area contributed by atoms with Gasteiger partial charge >= 0.3 is 0 Å². The van der Waals surface area contributed by atoms with Crippen molar-refractivity contribution >= 4 is 17.9 Å². The zero-order valence-corrected chi connectivity index (χ0v) is 12.5. The molecule has 0 fully saturated rings. The molecule has 1 aromatic heterocycles. The minimum absolute atomic E-state index is 0.197. The van der Waals surface area contributed by atoms with Gasteiger partial charge in [0.05, 0.1) is 5.69 Å². The van der Waals surface area contributed by atoms with Gasteiger partial charge in [0.15, 0.2) is 0 Å². The number of hydrogen-bond donors (Lipinski definition) is 2. The smallest absolute Gasteiger partial charge is 0.266 e. The number of nitrogens with zero attached hydrogens (tertiary/aromatic N) is 2. The van der Waals surface area contributed by atoms with Crippen molar-refractivity contribution < 1.29 is 4.79 Å². The molecule has 0 spiro atoms. The molecule has 3 aromatic rings. The van der Waals surface area contributed by atoms with E-state index in [-0.39, 0.29) is 5.91 Å². The Morgan fingerprint density at radius 1 is 1.05 bits per heavy atom. The molecule has 2 N–H and O–H groups in total. The predicted molar refractivity (Wildman–Crippen MR) is 86.5 cm³/mol. The van der Waals surface area contributed by atoms with Crippen molar-refractivity contribution in [2.45, 2.75) is 4.90 Å². The average molecular weight is 310 g/mol. The topological polar surface area (TPSA) is 59.0 Å².